The van der Waals surface area contributed by atoms with Gasteiger partial charge in [0.15, 0.2) is 0 Å². The van der Waals surface area contributed by atoms with Gasteiger partial charge in [0.2, 0.25) is 10.0 Å². The van der Waals surface area contributed by atoms with Crippen molar-refractivity contribution in [3.05, 3.63) is 30.6 Å². The lowest BCUT2D eigenvalue weighted by atomic mass is 10.4. The topological polar surface area (TPSA) is 116 Å². The minimum absolute atomic E-state index is 0.0204. The fourth-order valence-corrected chi connectivity index (χ4v) is 2.63. The Hall–Kier alpha value is -2.00. The Balaban J connectivity index is 2.03. The molecule has 3 N–H and O–H groups in total. The van der Waals surface area contributed by atoms with Crippen LogP contribution in [0.15, 0.2) is 29.7 Å². The summed E-state index contributed by atoms with van der Waals surface area (Å²) in [5, 5.41) is 7.58. The van der Waals surface area contributed by atoms with Crippen LogP contribution in [0.3, 0.4) is 0 Å². The lowest BCUT2D eigenvalue weighted by Gasteiger charge is -2.08. The van der Waals surface area contributed by atoms with E-state index in [1.54, 1.807) is 17.9 Å². The van der Waals surface area contributed by atoms with Crippen molar-refractivity contribution in [2.45, 2.75) is 11.3 Å². The van der Waals surface area contributed by atoms with Gasteiger partial charge in [-0.25, -0.2) is 13.1 Å². The molecule has 0 aliphatic heterocycles. The number of hydrogen-bond donors (Lipinski definition) is 2. The molecule has 0 aromatic carbocycles. The number of aryl methyl sites for hydroxylation is 1. The average molecular weight is 282 g/mol. The molecule has 0 unspecified atom stereocenters. The second-order valence-electron chi connectivity index (χ2n) is 3.92. The normalized spacial score (nSPS) is 11.6. The molecule has 0 aliphatic carbocycles. The van der Waals surface area contributed by atoms with Crippen LogP contribution in [0.5, 0.6) is 0 Å². The SMILES string of the molecule is Cn1cnnc1CCNS(=O)(=O)c1cnccc1N. The Kier molecular flexibility index (Phi) is 3.76. The van der Waals surface area contributed by atoms with Crippen molar-refractivity contribution in [3.8, 4) is 0 Å². The van der Waals surface area contributed by atoms with E-state index in [1.165, 1.54) is 18.5 Å². The molecule has 8 nitrogen and oxygen atoms in total. The van der Waals surface area contributed by atoms with Gasteiger partial charge in [0.1, 0.15) is 17.0 Å². The van der Waals surface area contributed by atoms with Crippen molar-refractivity contribution in [2.24, 2.45) is 7.05 Å². The van der Waals surface area contributed by atoms with E-state index in [1.807, 2.05) is 0 Å². The number of nitrogens with one attached hydrogen (secondary N) is 1. The van der Waals surface area contributed by atoms with Gasteiger partial charge in [0, 0.05) is 32.4 Å². The van der Waals surface area contributed by atoms with Crippen LogP contribution in [0.4, 0.5) is 5.69 Å². The summed E-state index contributed by atoms with van der Waals surface area (Å²) in [7, 11) is -1.86. The smallest absolute Gasteiger partial charge is 0.244 e. The number of anilines is 1. The average Bonchev–Trinajstić information content (AvgIpc) is 2.75. The van der Waals surface area contributed by atoms with Gasteiger partial charge < -0.3 is 10.3 Å². The third kappa shape index (κ3) is 3.06. The van der Waals surface area contributed by atoms with Crippen molar-refractivity contribution in [1.29, 1.82) is 0 Å². The number of nitrogens with zero attached hydrogens (tertiary/aromatic N) is 4. The molecule has 0 aliphatic rings. The van der Waals surface area contributed by atoms with Crippen LogP contribution in [0.2, 0.25) is 0 Å². The first-order valence-corrected chi connectivity index (χ1v) is 7.01. The Labute approximate surface area is 110 Å². The maximum Gasteiger partial charge on any atom is 0.244 e. The fraction of sp³-hybridized carbons (Fsp3) is 0.300. The Morgan fingerprint density at radius 3 is 2.89 bits per heavy atom. The first kappa shape index (κ1) is 13.4. The van der Waals surface area contributed by atoms with E-state index in [-0.39, 0.29) is 17.1 Å². The molecule has 0 saturated heterocycles. The van der Waals surface area contributed by atoms with E-state index >= 15 is 0 Å². The highest BCUT2D eigenvalue weighted by Gasteiger charge is 2.17. The zero-order valence-corrected chi connectivity index (χ0v) is 11.1. The predicted molar refractivity (Wildman–Crippen MR) is 68.5 cm³/mol. The standard InChI is InChI=1S/C10H14N6O2S/c1-16-7-13-15-10(16)3-5-14-19(17,18)9-6-12-4-2-8(9)11/h2,4,6-7,14H,3,5H2,1H3,(H2,11,12). The van der Waals surface area contributed by atoms with E-state index in [2.05, 4.69) is 19.9 Å². The molecule has 2 aromatic heterocycles. The fourth-order valence-electron chi connectivity index (χ4n) is 1.52. The Bertz CT molecular complexity index is 666. The molecule has 9 heteroatoms. The highest BCUT2D eigenvalue weighted by molar-refractivity contribution is 7.89. The second kappa shape index (κ2) is 5.33. The first-order valence-electron chi connectivity index (χ1n) is 5.53. The van der Waals surface area contributed by atoms with Gasteiger partial charge in [0.25, 0.3) is 0 Å². The molecule has 0 saturated carbocycles. The summed E-state index contributed by atoms with van der Waals surface area (Å²) < 4.78 is 28.2. The van der Waals surface area contributed by atoms with Crippen molar-refractivity contribution in [2.75, 3.05) is 12.3 Å². The molecular weight excluding hydrogens is 268 g/mol. The quantitative estimate of drug-likeness (QED) is 0.750. The second-order valence-corrected chi connectivity index (χ2v) is 5.65. The monoisotopic (exact) mass is 282 g/mol. The predicted octanol–water partition coefficient (Wildman–Crippen LogP) is -0.687. The van der Waals surface area contributed by atoms with Gasteiger partial charge in [-0.15, -0.1) is 10.2 Å². The summed E-state index contributed by atoms with van der Waals surface area (Å²) in [5.41, 5.74) is 5.78. The van der Waals surface area contributed by atoms with Crippen LogP contribution in [0, 0.1) is 0 Å². The highest BCUT2D eigenvalue weighted by atomic mass is 32.2. The molecule has 0 amide bonds. The highest BCUT2D eigenvalue weighted by Crippen LogP contribution is 2.15. The van der Waals surface area contributed by atoms with Gasteiger partial charge >= 0.3 is 0 Å². The number of sulfonamides is 1. The summed E-state index contributed by atoms with van der Waals surface area (Å²) in [6.45, 7) is 0.212. The largest absolute Gasteiger partial charge is 0.398 e. The maximum absolute atomic E-state index is 12.0. The summed E-state index contributed by atoms with van der Waals surface area (Å²) in [6.07, 6.45) is 4.66. The summed E-state index contributed by atoms with van der Waals surface area (Å²) in [4.78, 5) is 3.74. The van der Waals surface area contributed by atoms with Crippen LogP contribution < -0.4 is 10.5 Å². The molecule has 0 fully saturated rings. The minimum Gasteiger partial charge on any atom is -0.398 e. The molecule has 102 valence electrons. The number of nitrogens with two attached hydrogens (primary N) is 1. The molecular formula is C10H14N6O2S. The van der Waals surface area contributed by atoms with Crippen LogP contribution >= 0.6 is 0 Å². The van der Waals surface area contributed by atoms with Crippen LogP contribution in [-0.2, 0) is 23.5 Å². The van der Waals surface area contributed by atoms with Gasteiger partial charge in [-0.1, -0.05) is 0 Å². The van der Waals surface area contributed by atoms with Gasteiger partial charge in [-0.05, 0) is 6.07 Å². The van der Waals surface area contributed by atoms with Gasteiger partial charge in [-0.3, -0.25) is 4.98 Å². The molecule has 0 spiro atoms. The zero-order chi connectivity index (χ0) is 13.9. The number of pyridine rings is 1. The van der Waals surface area contributed by atoms with E-state index in [0.717, 1.165) is 0 Å². The zero-order valence-electron chi connectivity index (χ0n) is 10.3. The molecule has 0 radical (unpaired) electrons. The molecule has 2 heterocycles. The van der Waals surface area contributed by atoms with Gasteiger partial charge in [-0.2, -0.15) is 0 Å². The maximum atomic E-state index is 12.0. The van der Waals surface area contributed by atoms with Gasteiger partial charge in [0.05, 0.1) is 5.69 Å². The summed E-state index contributed by atoms with van der Waals surface area (Å²) in [5.74, 6) is 0.696. The minimum atomic E-state index is -3.65. The Morgan fingerprint density at radius 2 is 2.26 bits per heavy atom. The van der Waals surface area contributed by atoms with Crippen LogP contribution in [-0.4, -0.2) is 34.7 Å². The van der Waals surface area contributed by atoms with Crippen molar-refractivity contribution < 1.29 is 8.42 Å². The van der Waals surface area contributed by atoms with E-state index in [0.29, 0.717) is 12.2 Å². The molecule has 0 atom stereocenters. The first-order chi connectivity index (χ1) is 9.00. The third-order valence-corrected chi connectivity index (χ3v) is 4.06. The van der Waals surface area contributed by atoms with E-state index < -0.39 is 10.0 Å². The number of aromatic nitrogens is 4. The molecule has 2 rings (SSSR count). The number of hydrogen-bond acceptors (Lipinski definition) is 6. The summed E-state index contributed by atoms with van der Waals surface area (Å²) in [6, 6.07) is 1.44. The lowest BCUT2D eigenvalue weighted by molar-refractivity contribution is 0.580. The van der Waals surface area contributed by atoms with Crippen LogP contribution in [0.25, 0.3) is 0 Å². The molecule has 19 heavy (non-hydrogen) atoms. The Morgan fingerprint density at radius 1 is 1.47 bits per heavy atom. The molecule has 0 bridgehead atoms. The third-order valence-electron chi connectivity index (χ3n) is 2.55. The van der Waals surface area contributed by atoms with Crippen molar-refractivity contribution in [1.82, 2.24) is 24.5 Å². The van der Waals surface area contributed by atoms with Crippen molar-refractivity contribution >= 4 is 15.7 Å². The summed E-state index contributed by atoms with van der Waals surface area (Å²) >= 11 is 0. The molecule has 2 aromatic rings. The van der Waals surface area contributed by atoms with E-state index in [4.69, 9.17) is 5.73 Å². The van der Waals surface area contributed by atoms with Crippen LogP contribution in [0.1, 0.15) is 5.82 Å². The number of rotatable bonds is 5. The number of nitrogen functional groups attached to an aromatic ring is 1. The van der Waals surface area contributed by atoms with E-state index in [9.17, 15) is 8.42 Å². The van der Waals surface area contributed by atoms with Crippen molar-refractivity contribution in [3.63, 3.8) is 0 Å². The lowest BCUT2D eigenvalue weighted by Crippen LogP contribution is -2.27.